The van der Waals surface area contributed by atoms with Crippen molar-refractivity contribution in [3.05, 3.63) is 34.9 Å². The van der Waals surface area contributed by atoms with Gasteiger partial charge in [-0.3, -0.25) is 4.79 Å². The minimum atomic E-state index is 0.213. The van der Waals surface area contributed by atoms with Crippen molar-refractivity contribution >= 4 is 5.91 Å². The zero-order valence-corrected chi connectivity index (χ0v) is 12.6. The van der Waals surface area contributed by atoms with Gasteiger partial charge in [0.1, 0.15) is 0 Å². The van der Waals surface area contributed by atoms with Crippen LogP contribution in [0.5, 0.6) is 0 Å². The van der Waals surface area contributed by atoms with Crippen molar-refractivity contribution in [2.75, 3.05) is 7.11 Å². The summed E-state index contributed by atoms with van der Waals surface area (Å²) in [6, 6.07) is 6.84. The number of hydrogen-bond acceptors (Lipinski definition) is 2. The molecule has 0 spiro atoms. The molecule has 3 nitrogen and oxygen atoms in total. The molecule has 2 aliphatic rings. The smallest absolute Gasteiger partial charge is 0.254 e. The lowest BCUT2D eigenvalue weighted by Crippen LogP contribution is -2.48. The summed E-state index contributed by atoms with van der Waals surface area (Å²) >= 11 is 0. The monoisotopic (exact) mass is 273 g/mol. The summed E-state index contributed by atoms with van der Waals surface area (Å²) < 4.78 is 5.51. The van der Waals surface area contributed by atoms with E-state index in [0.29, 0.717) is 18.2 Å². The van der Waals surface area contributed by atoms with E-state index in [1.165, 1.54) is 5.56 Å². The van der Waals surface area contributed by atoms with Gasteiger partial charge in [-0.1, -0.05) is 17.7 Å². The summed E-state index contributed by atoms with van der Waals surface area (Å²) in [5.41, 5.74) is 3.16. The molecule has 2 bridgehead atoms. The molecule has 2 atom stereocenters. The third-order valence-corrected chi connectivity index (χ3v) is 4.87. The molecule has 20 heavy (non-hydrogen) atoms. The second-order valence-corrected chi connectivity index (χ2v) is 6.24. The normalized spacial score (nSPS) is 28.8. The Kier molecular flexibility index (Phi) is 3.55. The third-order valence-electron chi connectivity index (χ3n) is 4.87. The molecule has 0 radical (unpaired) electrons. The quantitative estimate of drug-likeness (QED) is 0.828. The van der Waals surface area contributed by atoms with E-state index in [0.717, 1.165) is 36.8 Å². The number of carbonyl (C=O) groups excluding carboxylic acids is 1. The maximum atomic E-state index is 12.9. The van der Waals surface area contributed by atoms with Crippen molar-refractivity contribution in [1.29, 1.82) is 0 Å². The minimum Gasteiger partial charge on any atom is -0.381 e. The van der Waals surface area contributed by atoms with Crippen molar-refractivity contribution in [1.82, 2.24) is 4.90 Å². The molecule has 0 N–H and O–H groups in total. The average Bonchev–Trinajstić information content (AvgIpc) is 2.68. The Morgan fingerprint density at radius 3 is 2.40 bits per heavy atom. The number of carbonyl (C=O) groups is 1. The highest BCUT2D eigenvalue weighted by Gasteiger charge is 2.43. The van der Waals surface area contributed by atoms with E-state index in [2.05, 4.69) is 17.9 Å². The van der Waals surface area contributed by atoms with Crippen molar-refractivity contribution in [2.45, 2.75) is 57.7 Å². The van der Waals surface area contributed by atoms with E-state index in [1.54, 1.807) is 7.11 Å². The number of methoxy groups -OCH3 is 1. The van der Waals surface area contributed by atoms with Gasteiger partial charge in [-0.15, -0.1) is 0 Å². The molecular formula is C17H23NO2. The molecule has 1 amide bonds. The highest BCUT2D eigenvalue weighted by molar-refractivity contribution is 5.96. The standard InChI is InChI=1S/C17H23NO2/c1-11-4-7-16(12(2)8-11)17(19)18-13-5-6-14(18)10-15(9-13)20-3/h4,7-8,13-15H,5-6,9-10H2,1-3H3. The molecule has 0 saturated carbocycles. The maximum Gasteiger partial charge on any atom is 0.254 e. The summed E-state index contributed by atoms with van der Waals surface area (Å²) in [7, 11) is 1.78. The van der Waals surface area contributed by atoms with Gasteiger partial charge in [0, 0.05) is 24.8 Å². The Balaban J connectivity index is 1.85. The molecular weight excluding hydrogens is 250 g/mol. The fourth-order valence-electron chi connectivity index (χ4n) is 3.84. The van der Waals surface area contributed by atoms with Crippen LogP contribution in [0.2, 0.25) is 0 Å². The first-order valence-corrected chi connectivity index (χ1v) is 7.53. The van der Waals surface area contributed by atoms with Crippen LogP contribution >= 0.6 is 0 Å². The van der Waals surface area contributed by atoms with Crippen LogP contribution in [0.3, 0.4) is 0 Å². The lowest BCUT2D eigenvalue weighted by molar-refractivity contribution is 0.00819. The van der Waals surface area contributed by atoms with Gasteiger partial charge in [-0.25, -0.2) is 0 Å². The van der Waals surface area contributed by atoms with Crippen molar-refractivity contribution < 1.29 is 9.53 Å². The summed E-state index contributed by atoms with van der Waals surface area (Å²) in [6.07, 6.45) is 4.56. The first-order chi connectivity index (χ1) is 9.60. The molecule has 0 aliphatic carbocycles. The van der Waals surface area contributed by atoms with Crippen LogP contribution < -0.4 is 0 Å². The Bertz CT molecular complexity index is 512. The number of nitrogens with zero attached hydrogens (tertiary/aromatic N) is 1. The van der Waals surface area contributed by atoms with Crippen LogP contribution in [0.15, 0.2) is 18.2 Å². The molecule has 3 rings (SSSR count). The van der Waals surface area contributed by atoms with Gasteiger partial charge < -0.3 is 9.64 Å². The molecule has 2 heterocycles. The Morgan fingerprint density at radius 1 is 1.20 bits per heavy atom. The van der Waals surface area contributed by atoms with Gasteiger partial charge in [0.2, 0.25) is 0 Å². The third kappa shape index (κ3) is 2.24. The molecule has 2 fully saturated rings. The number of amides is 1. The Morgan fingerprint density at radius 2 is 1.85 bits per heavy atom. The zero-order valence-electron chi connectivity index (χ0n) is 12.6. The fraction of sp³-hybridized carbons (Fsp3) is 0.588. The van der Waals surface area contributed by atoms with Gasteiger partial charge in [-0.05, 0) is 51.2 Å². The predicted octanol–water partition coefficient (Wildman–Crippen LogP) is 3.09. The van der Waals surface area contributed by atoms with Crippen LogP contribution in [0, 0.1) is 13.8 Å². The molecule has 1 aromatic carbocycles. The number of ether oxygens (including phenoxy) is 1. The van der Waals surface area contributed by atoms with Gasteiger partial charge in [0.25, 0.3) is 5.91 Å². The van der Waals surface area contributed by atoms with Crippen LogP contribution in [-0.2, 0) is 4.74 Å². The predicted molar refractivity (Wildman–Crippen MR) is 78.9 cm³/mol. The molecule has 3 heteroatoms. The second kappa shape index (κ2) is 5.21. The average molecular weight is 273 g/mol. The first-order valence-electron chi connectivity index (χ1n) is 7.53. The molecule has 0 aromatic heterocycles. The number of benzene rings is 1. The number of aryl methyl sites for hydroxylation is 2. The second-order valence-electron chi connectivity index (χ2n) is 6.24. The number of piperidine rings is 1. The molecule has 1 aromatic rings. The fourth-order valence-corrected chi connectivity index (χ4v) is 3.84. The van der Waals surface area contributed by atoms with E-state index >= 15 is 0 Å². The zero-order chi connectivity index (χ0) is 14.3. The van der Waals surface area contributed by atoms with Gasteiger partial charge in [0.05, 0.1) is 6.10 Å². The van der Waals surface area contributed by atoms with Crippen LogP contribution in [0.4, 0.5) is 0 Å². The molecule has 2 saturated heterocycles. The van der Waals surface area contributed by atoms with Crippen LogP contribution in [0.1, 0.15) is 47.2 Å². The van der Waals surface area contributed by atoms with Gasteiger partial charge in [0.15, 0.2) is 0 Å². The summed E-state index contributed by atoms with van der Waals surface area (Å²) in [5, 5.41) is 0. The molecule has 108 valence electrons. The largest absolute Gasteiger partial charge is 0.381 e. The Labute approximate surface area is 120 Å². The molecule has 2 aliphatic heterocycles. The minimum absolute atomic E-state index is 0.213. The first kappa shape index (κ1) is 13.6. The number of fused-ring (bicyclic) bond motifs is 2. The topological polar surface area (TPSA) is 29.5 Å². The van der Waals surface area contributed by atoms with E-state index < -0.39 is 0 Å². The van der Waals surface area contributed by atoms with E-state index in [1.807, 2.05) is 19.1 Å². The van der Waals surface area contributed by atoms with E-state index in [4.69, 9.17) is 4.74 Å². The highest BCUT2D eigenvalue weighted by Crippen LogP contribution is 2.38. The Hall–Kier alpha value is -1.35. The van der Waals surface area contributed by atoms with Gasteiger partial charge in [-0.2, -0.15) is 0 Å². The van der Waals surface area contributed by atoms with Crippen LogP contribution in [-0.4, -0.2) is 36.1 Å². The van der Waals surface area contributed by atoms with Crippen LogP contribution in [0.25, 0.3) is 0 Å². The van der Waals surface area contributed by atoms with Crippen molar-refractivity contribution in [3.8, 4) is 0 Å². The lowest BCUT2D eigenvalue weighted by Gasteiger charge is -2.38. The summed E-state index contributed by atoms with van der Waals surface area (Å²) in [5.74, 6) is 0.213. The van der Waals surface area contributed by atoms with Crippen molar-refractivity contribution in [3.63, 3.8) is 0 Å². The van der Waals surface area contributed by atoms with Gasteiger partial charge >= 0.3 is 0 Å². The maximum absolute atomic E-state index is 12.9. The summed E-state index contributed by atoms with van der Waals surface area (Å²) in [4.78, 5) is 15.0. The lowest BCUT2D eigenvalue weighted by atomic mass is 9.97. The molecule has 2 unspecified atom stereocenters. The van der Waals surface area contributed by atoms with Crippen molar-refractivity contribution in [2.24, 2.45) is 0 Å². The van der Waals surface area contributed by atoms with E-state index in [9.17, 15) is 4.79 Å². The highest BCUT2D eigenvalue weighted by atomic mass is 16.5. The summed E-state index contributed by atoms with van der Waals surface area (Å²) in [6.45, 7) is 4.10. The number of rotatable bonds is 2. The number of hydrogen-bond donors (Lipinski definition) is 0. The van der Waals surface area contributed by atoms with E-state index in [-0.39, 0.29) is 5.91 Å². The SMILES string of the molecule is COC1CC2CCC(C1)N2C(=O)c1ccc(C)cc1C.